The van der Waals surface area contributed by atoms with Gasteiger partial charge in [-0.1, -0.05) is 73.5 Å². The van der Waals surface area contributed by atoms with Crippen molar-refractivity contribution in [2.45, 2.75) is 40.5 Å². The van der Waals surface area contributed by atoms with E-state index in [0.717, 1.165) is 40.9 Å². The van der Waals surface area contributed by atoms with Gasteiger partial charge in [-0.05, 0) is 57.0 Å². The molecule has 208 valence electrons. The molecule has 0 unspecified atom stereocenters. The van der Waals surface area contributed by atoms with E-state index in [0.29, 0.717) is 30.4 Å². The van der Waals surface area contributed by atoms with Crippen LogP contribution in [0.15, 0.2) is 78.9 Å². The van der Waals surface area contributed by atoms with E-state index in [-0.39, 0.29) is 18.5 Å². The molecule has 3 amide bonds. The molecule has 0 saturated carbocycles. The van der Waals surface area contributed by atoms with Gasteiger partial charge in [0.1, 0.15) is 18.1 Å². The van der Waals surface area contributed by atoms with E-state index in [1.54, 1.807) is 10.7 Å². The van der Waals surface area contributed by atoms with Crippen LogP contribution in [0.5, 0.6) is 5.75 Å². The fourth-order valence-corrected chi connectivity index (χ4v) is 4.46. The van der Waals surface area contributed by atoms with Gasteiger partial charge in [0.2, 0.25) is 5.91 Å². The Kier molecular flexibility index (Phi) is 9.57. The first-order valence-corrected chi connectivity index (χ1v) is 13.7. The number of hydrogen-bond donors (Lipinski definition) is 2. The zero-order chi connectivity index (χ0) is 28.5. The Morgan fingerprint density at radius 3 is 2.30 bits per heavy atom. The standard InChI is InChI=1S/C32H37N5O3/c1-5-7-21-36(32(39)33-27-15-11-12-16-28(27)40-6-2)22-29(38)34-31-30(25-13-9-8-10-14-25)24(4)35-37(31)26-19-17-23(3)18-20-26/h8-20H,5-7,21-22H2,1-4H3,(H,33,39)(H,34,38). The van der Waals surface area contributed by atoms with Gasteiger partial charge in [0.15, 0.2) is 0 Å². The fraction of sp³-hybridized carbons (Fsp3) is 0.281. The van der Waals surface area contributed by atoms with E-state index in [1.165, 1.54) is 4.90 Å². The van der Waals surface area contributed by atoms with Crippen molar-refractivity contribution in [2.24, 2.45) is 0 Å². The third-order valence-electron chi connectivity index (χ3n) is 6.49. The predicted octanol–water partition coefficient (Wildman–Crippen LogP) is 6.83. The second kappa shape index (κ2) is 13.5. The Morgan fingerprint density at radius 2 is 1.60 bits per heavy atom. The lowest BCUT2D eigenvalue weighted by Gasteiger charge is -2.23. The highest BCUT2D eigenvalue weighted by Gasteiger charge is 2.23. The second-order valence-electron chi connectivity index (χ2n) is 9.61. The monoisotopic (exact) mass is 539 g/mol. The van der Waals surface area contributed by atoms with Crippen LogP contribution in [-0.4, -0.2) is 46.3 Å². The Labute approximate surface area is 236 Å². The molecule has 0 atom stereocenters. The maximum atomic E-state index is 13.5. The highest BCUT2D eigenvalue weighted by molar-refractivity contribution is 5.99. The van der Waals surface area contributed by atoms with Crippen molar-refractivity contribution in [1.29, 1.82) is 0 Å². The number of carbonyl (C=O) groups excluding carboxylic acids is 2. The molecule has 4 aromatic rings. The molecule has 0 fully saturated rings. The van der Waals surface area contributed by atoms with Gasteiger partial charge in [0, 0.05) is 12.1 Å². The SMILES string of the molecule is CCCCN(CC(=O)Nc1c(-c2ccccc2)c(C)nn1-c1ccc(C)cc1)C(=O)Nc1ccccc1OCC. The number of ether oxygens (including phenoxy) is 1. The first kappa shape index (κ1) is 28.4. The second-order valence-corrected chi connectivity index (χ2v) is 9.61. The van der Waals surface area contributed by atoms with Gasteiger partial charge in [0.25, 0.3) is 0 Å². The Bertz CT molecular complexity index is 1430. The Morgan fingerprint density at radius 1 is 0.900 bits per heavy atom. The van der Waals surface area contributed by atoms with Gasteiger partial charge >= 0.3 is 6.03 Å². The number of unbranched alkanes of at least 4 members (excludes halogenated alkanes) is 1. The molecule has 0 aliphatic carbocycles. The molecule has 0 aliphatic heterocycles. The number of rotatable bonds is 11. The number of hydrogen-bond acceptors (Lipinski definition) is 4. The van der Waals surface area contributed by atoms with E-state index in [9.17, 15) is 9.59 Å². The summed E-state index contributed by atoms with van der Waals surface area (Å²) >= 11 is 0. The first-order chi connectivity index (χ1) is 19.4. The number of para-hydroxylation sites is 2. The number of amides is 3. The quantitative estimate of drug-likeness (QED) is 0.219. The third-order valence-corrected chi connectivity index (χ3v) is 6.49. The normalized spacial score (nSPS) is 10.7. The summed E-state index contributed by atoms with van der Waals surface area (Å²) in [4.78, 5) is 28.4. The van der Waals surface area contributed by atoms with Crippen LogP contribution in [0.25, 0.3) is 16.8 Å². The molecule has 0 radical (unpaired) electrons. The molecule has 4 rings (SSSR count). The lowest BCUT2D eigenvalue weighted by molar-refractivity contribution is -0.116. The van der Waals surface area contributed by atoms with Gasteiger partial charge in [-0.2, -0.15) is 5.10 Å². The van der Waals surface area contributed by atoms with E-state index >= 15 is 0 Å². The zero-order valence-electron chi connectivity index (χ0n) is 23.6. The van der Waals surface area contributed by atoms with Crippen molar-refractivity contribution in [3.8, 4) is 22.6 Å². The molecule has 2 N–H and O–H groups in total. The molecule has 0 saturated heterocycles. The minimum absolute atomic E-state index is 0.116. The summed E-state index contributed by atoms with van der Waals surface area (Å²) in [5, 5.41) is 10.8. The van der Waals surface area contributed by atoms with Gasteiger partial charge in [-0.3, -0.25) is 4.79 Å². The fourth-order valence-electron chi connectivity index (χ4n) is 4.46. The number of aryl methyl sites for hydroxylation is 2. The molecular formula is C32H37N5O3. The van der Waals surface area contributed by atoms with Crippen LogP contribution in [0, 0.1) is 13.8 Å². The van der Waals surface area contributed by atoms with Crippen molar-refractivity contribution >= 4 is 23.4 Å². The summed E-state index contributed by atoms with van der Waals surface area (Å²) in [6.07, 6.45) is 1.65. The third kappa shape index (κ3) is 6.88. The number of nitrogens with one attached hydrogen (secondary N) is 2. The highest BCUT2D eigenvalue weighted by Crippen LogP contribution is 2.33. The molecule has 3 aromatic carbocycles. The van der Waals surface area contributed by atoms with Crippen LogP contribution >= 0.6 is 0 Å². The Hall–Kier alpha value is -4.59. The van der Waals surface area contributed by atoms with Crippen molar-refractivity contribution in [3.05, 3.63) is 90.1 Å². The maximum absolute atomic E-state index is 13.5. The number of benzene rings is 3. The zero-order valence-corrected chi connectivity index (χ0v) is 23.6. The average molecular weight is 540 g/mol. The number of carbonyl (C=O) groups is 2. The summed E-state index contributed by atoms with van der Waals surface area (Å²) in [5.41, 5.74) is 5.10. The number of nitrogens with zero attached hydrogens (tertiary/aromatic N) is 3. The highest BCUT2D eigenvalue weighted by atomic mass is 16.5. The summed E-state index contributed by atoms with van der Waals surface area (Å²) in [6.45, 7) is 8.70. The summed E-state index contributed by atoms with van der Waals surface area (Å²) in [7, 11) is 0. The van der Waals surface area contributed by atoms with Crippen LogP contribution in [0.4, 0.5) is 16.3 Å². The van der Waals surface area contributed by atoms with Crippen molar-refractivity contribution in [1.82, 2.24) is 14.7 Å². The maximum Gasteiger partial charge on any atom is 0.322 e. The summed E-state index contributed by atoms with van der Waals surface area (Å²) in [6, 6.07) is 24.8. The average Bonchev–Trinajstić information content (AvgIpc) is 3.28. The minimum atomic E-state index is -0.359. The van der Waals surface area contributed by atoms with E-state index in [2.05, 4.69) is 17.6 Å². The predicted molar refractivity (Wildman–Crippen MR) is 160 cm³/mol. The molecule has 40 heavy (non-hydrogen) atoms. The summed E-state index contributed by atoms with van der Waals surface area (Å²) in [5.74, 6) is 0.841. The molecule has 1 heterocycles. The van der Waals surface area contributed by atoms with Crippen LogP contribution in [-0.2, 0) is 4.79 Å². The van der Waals surface area contributed by atoms with Crippen molar-refractivity contribution in [3.63, 3.8) is 0 Å². The van der Waals surface area contributed by atoms with Gasteiger partial charge in [-0.15, -0.1) is 0 Å². The van der Waals surface area contributed by atoms with Gasteiger partial charge in [0.05, 0.1) is 23.7 Å². The lowest BCUT2D eigenvalue weighted by atomic mass is 10.1. The van der Waals surface area contributed by atoms with E-state index in [1.807, 2.05) is 93.6 Å². The van der Waals surface area contributed by atoms with Crippen molar-refractivity contribution in [2.75, 3.05) is 30.3 Å². The number of aromatic nitrogens is 2. The van der Waals surface area contributed by atoms with E-state index < -0.39 is 0 Å². The van der Waals surface area contributed by atoms with E-state index in [4.69, 9.17) is 9.84 Å². The molecule has 1 aromatic heterocycles. The molecule has 0 aliphatic rings. The van der Waals surface area contributed by atoms with Crippen molar-refractivity contribution < 1.29 is 14.3 Å². The van der Waals surface area contributed by atoms with Crippen LogP contribution in [0.2, 0.25) is 0 Å². The smallest absolute Gasteiger partial charge is 0.322 e. The largest absolute Gasteiger partial charge is 0.492 e. The van der Waals surface area contributed by atoms with Crippen LogP contribution in [0.3, 0.4) is 0 Å². The molecular weight excluding hydrogens is 502 g/mol. The molecule has 0 bridgehead atoms. The number of anilines is 2. The summed E-state index contributed by atoms with van der Waals surface area (Å²) < 4.78 is 7.41. The molecule has 0 spiro atoms. The molecule has 8 nitrogen and oxygen atoms in total. The number of urea groups is 1. The van der Waals surface area contributed by atoms with Crippen LogP contribution in [0.1, 0.15) is 37.9 Å². The van der Waals surface area contributed by atoms with Gasteiger partial charge < -0.3 is 20.3 Å². The van der Waals surface area contributed by atoms with Crippen LogP contribution < -0.4 is 15.4 Å². The first-order valence-electron chi connectivity index (χ1n) is 13.7. The molecule has 8 heteroatoms. The Balaban J connectivity index is 1.62. The topological polar surface area (TPSA) is 88.5 Å². The lowest BCUT2D eigenvalue weighted by Crippen LogP contribution is -2.41. The minimum Gasteiger partial charge on any atom is -0.492 e. The van der Waals surface area contributed by atoms with Gasteiger partial charge in [-0.25, -0.2) is 9.48 Å².